The van der Waals surface area contributed by atoms with Crippen molar-refractivity contribution in [1.29, 1.82) is 5.26 Å². The van der Waals surface area contributed by atoms with Crippen LogP contribution >= 0.6 is 0 Å². The lowest BCUT2D eigenvalue weighted by Gasteiger charge is -2.09. The first-order chi connectivity index (χ1) is 11.0. The van der Waals surface area contributed by atoms with Crippen LogP contribution in [0.15, 0.2) is 65.9 Å². The van der Waals surface area contributed by atoms with Gasteiger partial charge in [-0.2, -0.15) is 5.26 Å². The second kappa shape index (κ2) is 7.28. The van der Waals surface area contributed by atoms with E-state index in [0.717, 1.165) is 11.1 Å². The van der Waals surface area contributed by atoms with Crippen molar-refractivity contribution in [3.63, 3.8) is 0 Å². The molecule has 0 saturated carbocycles. The van der Waals surface area contributed by atoms with Crippen LogP contribution in [0.5, 0.6) is 0 Å². The maximum absolute atomic E-state index is 12.1. The molecule has 0 aliphatic heterocycles. The molecule has 0 spiro atoms. The topological polar surface area (TPSA) is 73.1 Å². The number of hydrogen-bond donors (Lipinski definition) is 2. The zero-order valence-corrected chi connectivity index (χ0v) is 13.1. The van der Waals surface area contributed by atoms with Crippen molar-refractivity contribution in [3.05, 3.63) is 65.9 Å². The lowest BCUT2D eigenvalue weighted by atomic mass is 10.1. The van der Waals surface area contributed by atoms with Crippen molar-refractivity contribution in [3.8, 4) is 17.2 Å². The molecule has 2 aromatic rings. The number of allylic oxidation sites excluding steroid dienone is 1. The summed E-state index contributed by atoms with van der Waals surface area (Å²) in [5.41, 5.74) is 2.43. The van der Waals surface area contributed by atoms with E-state index in [-0.39, 0.29) is 17.3 Å². The number of carbonyl (C=O) groups excluding carboxylic acids is 1. The van der Waals surface area contributed by atoms with Crippen LogP contribution in [0.4, 0.5) is 5.69 Å². The number of carbonyl (C=O) groups is 1. The summed E-state index contributed by atoms with van der Waals surface area (Å²) >= 11 is 0. The van der Waals surface area contributed by atoms with Crippen molar-refractivity contribution >= 4 is 11.6 Å². The largest absolute Gasteiger partial charge is 0.510 e. The summed E-state index contributed by atoms with van der Waals surface area (Å²) in [6, 6.07) is 19.0. The number of hydrogen-bond acceptors (Lipinski definition) is 3. The van der Waals surface area contributed by atoms with Crippen LogP contribution in [0, 0.1) is 17.2 Å². The quantitative estimate of drug-likeness (QED) is 0.503. The minimum Gasteiger partial charge on any atom is -0.510 e. The summed E-state index contributed by atoms with van der Waals surface area (Å²) in [4.78, 5) is 12.1. The molecule has 0 unspecified atom stereocenters. The predicted octanol–water partition coefficient (Wildman–Crippen LogP) is 4.28. The average Bonchev–Trinajstić information content (AvgIpc) is 2.56. The molecule has 23 heavy (non-hydrogen) atoms. The molecule has 2 aromatic carbocycles. The Bertz CT molecular complexity index is 754. The summed E-state index contributed by atoms with van der Waals surface area (Å²) < 4.78 is 0. The minimum absolute atomic E-state index is 0.203. The van der Waals surface area contributed by atoms with Gasteiger partial charge in [-0.1, -0.05) is 56.3 Å². The maximum Gasteiger partial charge on any atom is 0.269 e. The molecule has 0 aliphatic rings. The molecule has 0 heterocycles. The third kappa shape index (κ3) is 3.98. The van der Waals surface area contributed by atoms with E-state index in [1.165, 1.54) is 0 Å². The maximum atomic E-state index is 12.1. The van der Waals surface area contributed by atoms with Crippen molar-refractivity contribution in [2.45, 2.75) is 13.8 Å². The number of amides is 1. The molecule has 2 N–H and O–H groups in total. The monoisotopic (exact) mass is 306 g/mol. The summed E-state index contributed by atoms with van der Waals surface area (Å²) in [7, 11) is 0. The Hall–Kier alpha value is -3.06. The summed E-state index contributed by atoms with van der Waals surface area (Å²) in [6.07, 6.45) is 0. The molecule has 4 nitrogen and oxygen atoms in total. The van der Waals surface area contributed by atoms with Crippen LogP contribution in [0.25, 0.3) is 11.1 Å². The van der Waals surface area contributed by atoms with Crippen molar-refractivity contribution < 1.29 is 9.90 Å². The average molecular weight is 306 g/mol. The second-order valence-electron chi connectivity index (χ2n) is 5.42. The van der Waals surface area contributed by atoms with Gasteiger partial charge in [-0.3, -0.25) is 4.79 Å². The highest BCUT2D eigenvalue weighted by Gasteiger charge is 2.17. The Morgan fingerprint density at radius 3 is 2.13 bits per heavy atom. The summed E-state index contributed by atoms with van der Waals surface area (Å²) in [5, 5.41) is 21.5. The van der Waals surface area contributed by atoms with Gasteiger partial charge in [0.2, 0.25) is 0 Å². The van der Waals surface area contributed by atoms with Gasteiger partial charge in [-0.25, -0.2) is 0 Å². The predicted molar refractivity (Wildman–Crippen MR) is 90.6 cm³/mol. The van der Waals surface area contributed by atoms with Gasteiger partial charge in [0.1, 0.15) is 11.8 Å². The molecule has 0 radical (unpaired) electrons. The summed E-state index contributed by atoms with van der Waals surface area (Å²) in [5.74, 6) is -1.09. The Labute approximate surface area is 135 Å². The van der Waals surface area contributed by atoms with Crippen molar-refractivity contribution in [2.75, 3.05) is 5.32 Å². The van der Waals surface area contributed by atoms with Crippen LogP contribution in [-0.4, -0.2) is 11.0 Å². The Balaban J connectivity index is 2.17. The SMILES string of the molecule is CC(C)/C(O)=C(\C#N)C(=O)Nc1ccc(-c2ccccc2)cc1. The van der Waals surface area contributed by atoms with E-state index in [0.29, 0.717) is 5.69 Å². The fourth-order valence-electron chi connectivity index (χ4n) is 2.08. The molecule has 0 saturated heterocycles. The van der Waals surface area contributed by atoms with Gasteiger partial charge in [-0.15, -0.1) is 0 Å². The van der Waals surface area contributed by atoms with Crippen LogP contribution in [0.2, 0.25) is 0 Å². The molecule has 4 heteroatoms. The first-order valence-corrected chi connectivity index (χ1v) is 7.33. The Morgan fingerprint density at radius 1 is 1.04 bits per heavy atom. The van der Waals surface area contributed by atoms with E-state index in [1.807, 2.05) is 42.5 Å². The second-order valence-corrected chi connectivity index (χ2v) is 5.42. The number of nitrogens with zero attached hydrogens (tertiary/aromatic N) is 1. The standard InChI is InChI=1S/C19H18N2O2/c1-13(2)18(22)17(12-20)19(23)21-16-10-8-15(9-11-16)14-6-4-3-5-7-14/h3-11,13,22H,1-2H3,(H,21,23)/b18-17-. The van der Waals surface area contributed by atoms with Gasteiger partial charge in [0, 0.05) is 11.6 Å². The fraction of sp³-hybridized carbons (Fsp3) is 0.158. The normalized spacial score (nSPS) is 11.6. The smallest absolute Gasteiger partial charge is 0.269 e. The third-order valence-electron chi connectivity index (χ3n) is 3.39. The van der Waals surface area contributed by atoms with Gasteiger partial charge >= 0.3 is 0 Å². The van der Waals surface area contributed by atoms with Crippen LogP contribution in [0.1, 0.15) is 13.8 Å². The van der Waals surface area contributed by atoms with Gasteiger partial charge in [0.25, 0.3) is 5.91 Å². The molecular weight excluding hydrogens is 288 g/mol. The molecule has 0 atom stereocenters. The number of rotatable bonds is 4. The van der Waals surface area contributed by atoms with Crippen LogP contribution < -0.4 is 5.32 Å². The van der Waals surface area contributed by atoms with Crippen molar-refractivity contribution in [2.24, 2.45) is 5.92 Å². The highest BCUT2D eigenvalue weighted by molar-refractivity contribution is 6.07. The molecule has 0 aromatic heterocycles. The van der Waals surface area contributed by atoms with E-state index < -0.39 is 5.91 Å². The van der Waals surface area contributed by atoms with Gasteiger partial charge < -0.3 is 10.4 Å². The molecule has 116 valence electrons. The lowest BCUT2D eigenvalue weighted by Crippen LogP contribution is -2.16. The molecule has 2 rings (SSSR count). The lowest BCUT2D eigenvalue weighted by molar-refractivity contribution is -0.112. The van der Waals surface area contributed by atoms with Gasteiger partial charge in [0.05, 0.1) is 0 Å². The van der Waals surface area contributed by atoms with Gasteiger partial charge in [0.15, 0.2) is 5.57 Å². The number of nitrogens with one attached hydrogen (secondary N) is 1. The molecule has 1 amide bonds. The Morgan fingerprint density at radius 2 is 1.61 bits per heavy atom. The van der Waals surface area contributed by atoms with E-state index in [1.54, 1.807) is 32.0 Å². The first-order valence-electron chi connectivity index (χ1n) is 7.33. The number of aliphatic hydroxyl groups is 1. The zero-order chi connectivity index (χ0) is 16.8. The number of nitriles is 1. The molecule has 0 fully saturated rings. The van der Waals surface area contributed by atoms with E-state index in [9.17, 15) is 9.90 Å². The highest BCUT2D eigenvalue weighted by Crippen LogP contribution is 2.21. The minimum atomic E-state index is -0.605. The third-order valence-corrected chi connectivity index (χ3v) is 3.39. The molecule has 0 aliphatic carbocycles. The zero-order valence-electron chi connectivity index (χ0n) is 13.1. The molecular formula is C19H18N2O2. The number of aliphatic hydroxyl groups excluding tert-OH is 1. The number of anilines is 1. The van der Waals surface area contributed by atoms with Gasteiger partial charge in [-0.05, 0) is 23.3 Å². The van der Waals surface area contributed by atoms with Crippen LogP contribution in [0.3, 0.4) is 0 Å². The molecule has 0 bridgehead atoms. The first kappa shape index (κ1) is 16.3. The van der Waals surface area contributed by atoms with E-state index >= 15 is 0 Å². The van der Waals surface area contributed by atoms with Crippen molar-refractivity contribution in [1.82, 2.24) is 0 Å². The Kier molecular flexibility index (Phi) is 5.16. The highest BCUT2D eigenvalue weighted by atomic mass is 16.3. The number of benzene rings is 2. The summed E-state index contributed by atoms with van der Waals surface area (Å²) in [6.45, 7) is 3.43. The van der Waals surface area contributed by atoms with Crippen LogP contribution in [-0.2, 0) is 4.79 Å². The van der Waals surface area contributed by atoms with E-state index in [4.69, 9.17) is 5.26 Å². The van der Waals surface area contributed by atoms with E-state index in [2.05, 4.69) is 5.32 Å². The fourth-order valence-corrected chi connectivity index (χ4v) is 2.08.